The van der Waals surface area contributed by atoms with Crippen LogP contribution in [0.1, 0.15) is 11.8 Å². The van der Waals surface area contributed by atoms with Crippen molar-refractivity contribution in [2.75, 3.05) is 0 Å². The molecule has 0 aliphatic carbocycles. The number of hydrogen-bond donors (Lipinski definition) is 1. The van der Waals surface area contributed by atoms with Gasteiger partial charge in [0.15, 0.2) is 6.10 Å². The van der Waals surface area contributed by atoms with E-state index in [1.807, 2.05) is 36.4 Å². The van der Waals surface area contributed by atoms with Crippen LogP contribution in [0.3, 0.4) is 0 Å². The highest BCUT2D eigenvalue weighted by atomic mass is 16.6. The first-order chi connectivity index (χ1) is 7.75. The number of epoxide rings is 1. The van der Waals surface area contributed by atoms with E-state index in [0.29, 0.717) is 0 Å². The second kappa shape index (κ2) is 3.28. The van der Waals surface area contributed by atoms with Gasteiger partial charge in [-0.05, 0) is 12.1 Å². The molecular weight excluding hydrogens is 204 g/mol. The van der Waals surface area contributed by atoms with E-state index in [4.69, 9.17) is 10.5 Å². The SMILES string of the molecule is NC(=O)C1OC1c1ccc2ccccc2n1. The van der Waals surface area contributed by atoms with Gasteiger partial charge in [0.1, 0.15) is 6.10 Å². The van der Waals surface area contributed by atoms with E-state index in [9.17, 15) is 4.79 Å². The maximum absolute atomic E-state index is 10.9. The molecule has 1 fully saturated rings. The fourth-order valence-electron chi connectivity index (χ4n) is 1.79. The molecule has 1 aromatic heterocycles. The van der Waals surface area contributed by atoms with Gasteiger partial charge in [-0.15, -0.1) is 0 Å². The van der Waals surface area contributed by atoms with Gasteiger partial charge in [-0.2, -0.15) is 0 Å². The van der Waals surface area contributed by atoms with Gasteiger partial charge in [-0.25, -0.2) is 4.98 Å². The van der Waals surface area contributed by atoms with E-state index >= 15 is 0 Å². The largest absolute Gasteiger partial charge is 0.367 e. The van der Waals surface area contributed by atoms with Crippen molar-refractivity contribution < 1.29 is 9.53 Å². The number of fused-ring (bicyclic) bond motifs is 1. The molecule has 4 nitrogen and oxygen atoms in total. The van der Waals surface area contributed by atoms with E-state index in [1.54, 1.807) is 0 Å². The average Bonchev–Trinajstić information content (AvgIpc) is 3.08. The molecule has 0 bridgehead atoms. The Bertz CT molecular complexity index is 568. The molecular formula is C12H10N2O2. The Kier molecular flexibility index (Phi) is 1.91. The summed E-state index contributed by atoms with van der Waals surface area (Å²) >= 11 is 0. The Balaban J connectivity index is 1.98. The number of benzene rings is 1. The summed E-state index contributed by atoms with van der Waals surface area (Å²) in [5.41, 5.74) is 6.81. The summed E-state index contributed by atoms with van der Waals surface area (Å²) in [5, 5.41) is 1.07. The molecule has 2 atom stereocenters. The second-order valence-corrected chi connectivity index (χ2v) is 3.81. The lowest BCUT2D eigenvalue weighted by molar-refractivity contribution is -0.119. The van der Waals surface area contributed by atoms with E-state index in [2.05, 4.69) is 4.98 Å². The van der Waals surface area contributed by atoms with Crippen molar-refractivity contribution >= 4 is 16.8 Å². The molecule has 1 aliphatic rings. The number of nitrogens with two attached hydrogens (primary N) is 1. The molecule has 0 saturated carbocycles. The molecule has 1 saturated heterocycles. The van der Waals surface area contributed by atoms with Gasteiger partial charge in [0.2, 0.25) is 5.91 Å². The minimum atomic E-state index is -0.506. The summed E-state index contributed by atoms with van der Waals surface area (Å²) in [6.07, 6.45) is -0.768. The van der Waals surface area contributed by atoms with E-state index in [-0.39, 0.29) is 6.10 Å². The van der Waals surface area contributed by atoms with Crippen LogP contribution in [0.15, 0.2) is 36.4 Å². The predicted molar refractivity (Wildman–Crippen MR) is 58.6 cm³/mol. The average molecular weight is 214 g/mol. The van der Waals surface area contributed by atoms with Crippen LogP contribution in [0.25, 0.3) is 10.9 Å². The first-order valence-electron chi connectivity index (χ1n) is 5.06. The van der Waals surface area contributed by atoms with Crippen LogP contribution >= 0.6 is 0 Å². The topological polar surface area (TPSA) is 68.5 Å². The van der Waals surface area contributed by atoms with Gasteiger partial charge >= 0.3 is 0 Å². The highest BCUT2D eigenvalue weighted by Gasteiger charge is 2.45. The van der Waals surface area contributed by atoms with Crippen LogP contribution in [0.4, 0.5) is 0 Å². The van der Waals surface area contributed by atoms with Crippen molar-refractivity contribution in [3.8, 4) is 0 Å². The van der Waals surface area contributed by atoms with Crippen LogP contribution in [-0.2, 0) is 9.53 Å². The number of ether oxygens (including phenoxy) is 1. The Morgan fingerprint density at radius 3 is 2.81 bits per heavy atom. The number of carbonyl (C=O) groups is 1. The third-order valence-electron chi connectivity index (χ3n) is 2.68. The molecule has 0 radical (unpaired) electrons. The summed E-state index contributed by atoms with van der Waals surface area (Å²) in [4.78, 5) is 15.3. The molecule has 1 amide bonds. The summed E-state index contributed by atoms with van der Waals surface area (Å²) in [6, 6.07) is 11.7. The van der Waals surface area contributed by atoms with Gasteiger partial charge in [0, 0.05) is 5.39 Å². The lowest BCUT2D eigenvalue weighted by Crippen LogP contribution is -2.18. The Hall–Kier alpha value is -1.94. The zero-order valence-electron chi connectivity index (χ0n) is 8.46. The third kappa shape index (κ3) is 1.44. The van der Waals surface area contributed by atoms with Crippen LogP contribution in [0, 0.1) is 0 Å². The van der Waals surface area contributed by atoms with Crippen LogP contribution in [-0.4, -0.2) is 17.0 Å². The Labute approximate surface area is 92.0 Å². The number of rotatable bonds is 2. The molecule has 80 valence electrons. The van der Waals surface area contributed by atoms with E-state index in [0.717, 1.165) is 16.6 Å². The number of amides is 1. The minimum Gasteiger partial charge on any atom is -0.367 e. The summed E-state index contributed by atoms with van der Waals surface area (Å²) in [7, 11) is 0. The first-order valence-corrected chi connectivity index (χ1v) is 5.06. The molecule has 1 aliphatic heterocycles. The second-order valence-electron chi connectivity index (χ2n) is 3.81. The number of primary amides is 1. The number of carbonyl (C=O) groups excluding carboxylic acids is 1. The number of para-hydroxylation sites is 1. The van der Waals surface area contributed by atoms with Crippen LogP contribution in [0.5, 0.6) is 0 Å². The van der Waals surface area contributed by atoms with Crippen molar-refractivity contribution in [1.82, 2.24) is 4.98 Å². The Morgan fingerprint density at radius 2 is 2.06 bits per heavy atom. The summed E-state index contributed by atoms with van der Waals surface area (Å²) < 4.78 is 5.18. The predicted octanol–water partition coefficient (Wildman–Crippen LogP) is 1.16. The Morgan fingerprint density at radius 1 is 1.25 bits per heavy atom. The zero-order valence-corrected chi connectivity index (χ0v) is 8.46. The normalized spacial score (nSPS) is 23.2. The standard InChI is InChI=1S/C12H10N2O2/c13-12(15)11-10(16-11)9-6-5-7-3-1-2-4-8(7)14-9/h1-6,10-11H,(H2,13,15). The molecule has 2 unspecified atom stereocenters. The van der Waals surface area contributed by atoms with Gasteiger partial charge in [-0.3, -0.25) is 4.79 Å². The molecule has 4 heteroatoms. The summed E-state index contributed by atoms with van der Waals surface area (Å²) in [5.74, 6) is -0.431. The van der Waals surface area contributed by atoms with E-state index in [1.165, 1.54) is 0 Å². The molecule has 3 rings (SSSR count). The molecule has 16 heavy (non-hydrogen) atoms. The van der Waals surface area contributed by atoms with Gasteiger partial charge in [-0.1, -0.05) is 24.3 Å². The molecule has 1 aromatic carbocycles. The highest BCUT2D eigenvalue weighted by molar-refractivity contribution is 5.83. The maximum Gasteiger partial charge on any atom is 0.249 e. The summed E-state index contributed by atoms with van der Waals surface area (Å²) in [6.45, 7) is 0. The van der Waals surface area contributed by atoms with Gasteiger partial charge in [0.25, 0.3) is 0 Å². The lowest BCUT2D eigenvalue weighted by Gasteiger charge is -1.99. The third-order valence-corrected chi connectivity index (χ3v) is 2.68. The maximum atomic E-state index is 10.9. The number of nitrogens with zero attached hydrogens (tertiary/aromatic N) is 1. The van der Waals surface area contributed by atoms with Crippen molar-refractivity contribution in [1.29, 1.82) is 0 Å². The van der Waals surface area contributed by atoms with Crippen LogP contribution < -0.4 is 5.73 Å². The first kappa shape index (κ1) is 9.30. The number of hydrogen-bond acceptors (Lipinski definition) is 3. The monoisotopic (exact) mass is 214 g/mol. The molecule has 0 spiro atoms. The number of pyridine rings is 1. The lowest BCUT2D eigenvalue weighted by atomic mass is 10.1. The van der Waals surface area contributed by atoms with Crippen molar-refractivity contribution in [3.63, 3.8) is 0 Å². The molecule has 2 aromatic rings. The highest BCUT2D eigenvalue weighted by Crippen LogP contribution is 2.37. The van der Waals surface area contributed by atoms with E-state index < -0.39 is 12.0 Å². The fraction of sp³-hybridized carbons (Fsp3) is 0.167. The molecule has 2 heterocycles. The van der Waals surface area contributed by atoms with Crippen molar-refractivity contribution in [2.24, 2.45) is 5.73 Å². The quantitative estimate of drug-likeness (QED) is 0.763. The zero-order chi connectivity index (χ0) is 11.1. The van der Waals surface area contributed by atoms with Crippen LogP contribution in [0.2, 0.25) is 0 Å². The van der Waals surface area contributed by atoms with Crippen molar-refractivity contribution in [2.45, 2.75) is 12.2 Å². The smallest absolute Gasteiger partial charge is 0.249 e. The van der Waals surface area contributed by atoms with Crippen molar-refractivity contribution in [3.05, 3.63) is 42.1 Å². The minimum absolute atomic E-state index is 0.262. The number of aromatic nitrogens is 1. The molecule has 2 N–H and O–H groups in total. The fourth-order valence-corrected chi connectivity index (χ4v) is 1.79. The van der Waals surface area contributed by atoms with Gasteiger partial charge in [0.05, 0.1) is 11.2 Å². The van der Waals surface area contributed by atoms with Gasteiger partial charge < -0.3 is 10.5 Å².